The van der Waals surface area contributed by atoms with Crippen LogP contribution in [0.5, 0.6) is 0 Å². The van der Waals surface area contributed by atoms with Crippen molar-refractivity contribution < 1.29 is 89.9 Å². The van der Waals surface area contributed by atoms with E-state index >= 15 is 0 Å². The lowest BCUT2D eigenvalue weighted by atomic mass is 9.76. The van der Waals surface area contributed by atoms with Crippen LogP contribution in [0.3, 0.4) is 0 Å². The summed E-state index contributed by atoms with van der Waals surface area (Å²) in [6.45, 7) is 5.48. The zero-order valence-corrected chi connectivity index (χ0v) is 45.5. The minimum Gasteiger partial charge on any atom is -0.481 e. The number of allylic oxidation sites excluding steroid dienone is 13. The van der Waals surface area contributed by atoms with Crippen LogP contribution in [-0.4, -0.2) is 176 Å². The van der Waals surface area contributed by atoms with Crippen molar-refractivity contribution in [2.24, 2.45) is 29.4 Å². The van der Waals surface area contributed by atoms with Crippen molar-refractivity contribution in [3.8, 4) is 0 Å². The van der Waals surface area contributed by atoms with E-state index in [0.717, 1.165) is 0 Å². The molecule has 79 heavy (non-hydrogen) atoms. The van der Waals surface area contributed by atoms with Crippen LogP contribution in [0.25, 0.3) is 0 Å². The number of anilines is 1. The summed E-state index contributed by atoms with van der Waals surface area (Å²) in [6, 6.07) is 5.31. The van der Waals surface area contributed by atoms with Gasteiger partial charge in [-0.15, -0.1) is 0 Å². The number of carboxylic acids is 1. The van der Waals surface area contributed by atoms with Crippen LogP contribution in [0.15, 0.2) is 109 Å². The number of carbonyl (C=O) groups is 3. The first-order valence-electron chi connectivity index (χ1n) is 27.4. The first kappa shape index (κ1) is 66.9. The molecule has 20 atom stereocenters. The van der Waals surface area contributed by atoms with Gasteiger partial charge >= 0.3 is 5.97 Å². The van der Waals surface area contributed by atoms with Gasteiger partial charge in [-0.05, 0) is 93.9 Å². The van der Waals surface area contributed by atoms with Crippen LogP contribution in [0.1, 0.15) is 115 Å². The van der Waals surface area contributed by atoms with Gasteiger partial charge in [0.25, 0.3) is 0 Å². The van der Waals surface area contributed by atoms with Crippen LogP contribution < -0.4 is 11.5 Å². The summed E-state index contributed by atoms with van der Waals surface area (Å²) in [5.41, 5.74) is 12.8. The summed E-state index contributed by atoms with van der Waals surface area (Å²) in [6.07, 6.45) is 3.69. The maximum absolute atomic E-state index is 13.5. The van der Waals surface area contributed by atoms with Gasteiger partial charge in [0.1, 0.15) is 17.8 Å². The normalized spacial score (nSPS) is 36.6. The van der Waals surface area contributed by atoms with Crippen molar-refractivity contribution in [2.75, 3.05) is 5.73 Å². The number of nitrogen functional groups attached to an aromatic ring is 1. The number of ether oxygens (including phenoxy) is 3. The highest BCUT2D eigenvalue weighted by atomic mass is 16.7. The van der Waals surface area contributed by atoms with Crippen LogP contribution >= 0.6 is 0 Å². The van der Waals surface area contributed by atoms with E-state index in [1.165, 1.54) is 13.0 Å². The quantitative estimate of drug-likeness (QED) is 0.118. The highest BCUT2D eigenvalue weighted by Gasteiger charge is 2.51. The molecule has 0 spiro atoms. The number of aliphatic hydroxyl groups is 11. The van der Waals surface area contributed by atoms with Gasteiger partial charge in [0, 0.05) is 49.8 Å². The van der Waals surface area contributed by atoms with E-state index in [4.69, 9.17) is 25.7 Å². The zero-order valence-electron chi connectivity index (χ0n) is 45.5. The van der Waals surface area contributed by atoms with Gasteiger partial charge in [0.15, 0.2) is 17.9 Å². The first-order valence-corrected chi connectivity index (χ1v) is 27.4. The smallest absolute Gasteiger partial charge is 0.311 e. The number of carbonyl (C=O) groups excluding carboxylic acids is 2. The number of benzene rings is 1. The number of hydrogen-bond acceptors (Lipinski definition) is 19. The number of Topliss-reactive ketones (excluding diaryl/α,β-unsaturated/α-hetero) is 2. The third-order valence-corrected chi connectivity index (χ3v) is 14.8. The molecule has 1 aromatic rings. The maximum atomic E-state index is 13.5. The van der Waals surface area contributed by atoms with E-state index in [-0.39, 0.29) is 80.7 Å². The van der Waals surface area contributed by atoms with Crippen LogP contribution in [0, 0.1) is 23.7 Å². The summed E-state index contributed by atoms with van der Waals surface area (Å²) in [4.78, 5) is 38.9. The van der Waals surface area contributed by atoms with Crippen LogP contribution in [-0.2, 0) is 23.8 Å². The predicted molar refractivity (Wildman–Crippen MR) is 294 cm³/mol. The third-order valence-electron chi connectivity index (χ3n) is 14.8. The van der Waals surface area contributed by atoms with E-state index in [1.54, 1.807) is 66.8 Å². The molecule has 1 aromatic carbocycles. The fourth-order valence-electron chi connectivity index (χ4n) is 10.5. The van der Waals surface area contributed by atoms with Gasteiger partial charge in [-0.3, -0.25) is 14.4 Å². The summed E-state index contributed by atoms with van der Waals surface area (Å²) >= 11 is 0. The summed E-state index contributed by atoms with van der Waals surface area (Å²) < 4.78 is 17.8. The molecule has 442 valence electrons. The number of carboxylic acid groups (broad SMARTS) is 1. The van der Waals surface area contributed by atoms with E-state index in [0.29, 0.717) is 24.1 Å². The van der Waals surface area contributed by atoms with Crippen LogP contribution in [0.4, 0.5) is 5.69 Å². The Morgan fingerprint density at radius 2 is 1.19 bits per heavy atom. The first-order chi connectivity index (χ1) is 37.3. The maximum Gasteiger partial charge on any atom is 0.311 e. The number of rotatable bonds is 10. The van der Waals surface area contributed by atoms with Crippen molar-refractivity contribution in [2.45, 2.75) is 202 Å². The molecule has 0 amide bonds. The lowest BCUT2D eigenvalue weighted by Gasteiger charge is -2.45. The van der Waals surface area contributed by atoms with Gasteiger partial charge in [0.05, 0.1) is 79.3 Å². The number of aliphatic hydroxyl groups excluding tert-OH is 10. The molecular weight excluding hydrogens is 1020 g/mol. The molecule has 0 saturated carbocycles. The molecule has 3 heterocycles. The molecule has 20 heteroatoms. The molecule has 2 fully saturated rings. The van der Waals surface area contributed by atoms with Crippen molar-refractivity contribution in [3.05, 3.63) is 115 Å². The van der Waals surface area contributed by atoms with E-state index in [1.807, 2.05) is 50.3 Å². The highest BCUT2D eigenvalue weighted by molar-refractivity contribution is 5.96. The lowest BCUT2D eigenvalue weighted by Crippen LogP contribution is -2.61. The van der Waals surface area contributed by atoms with Gasteiger partial charge in [0.2, 0.25) is 0 Å². The predicted octanol–water partition coefficient (Wildman–Crippen LogP) is 2.74. The SMILES string of the molecule is CC1C=CC=CC=CC=CC=CC=CC=CC(OC2OC(C)C(O)C(N)C2O)CC2OC(O)(CC(O)CC(O)CC(O)CC(O)CC(O)CC(O)CC(=O)CC1C(C)CCC(O)CC(=O)c1ccc(N)cc1)CC(O)C2C(=O)O. The average Bonchev–Trinajstić information content (AvgIpc) is 3.35. The Labute approximate surface area is 463 Å². The summed E-state index contributed by atoms with van der Waals surface area (Å²) in [7, 11) is 0. The van der Waals surface area contributed by atoms with E-state index in [2.05, 4.69) is 0 Å². The Morgan fingerprint density at radius 1 is 0.684 bits per heavy atom. The number of ketones is 2. The number of hydrogen-bond donors (Lipinski definition) is 14. The minimum atomic E-state index is -2.33. The molecule has 3 aliphatic rings. The van der Waals surface area contributed by atoms with Crippen molar-refractivity contribution in [3.63, 3.8) is 0 Å². The van der Waals surface area contributed by atoms with Crippen molar-refractivity contribution in [1.82, 2.24) is 0 Å². The zero-order chi connectivity index (χ0) is 58.4. The van der Waals surface area contributed by atoms with Crippen LogP contribution in [0.2, 0.25) is 0 Å². The Kier molecular flexibility index (Phi) is 28.3. The molecule has 0 aliphatic carbocycles. The second kappa shape index (κ2) is 33.4. The summed E-state index contributed by atoms with van der Waals surface area (Å²) in [5, 5.41) is 130. The summed E-state index contributed by atoms with van der Waals surface area (Å²) in [5.74, 6) is -6.30. The second-order valence-corrected chi connectivity index (χ2v) is 21.8. The van der Waals surface area contributed by atoms with Gasteiger partial charge < -0.3 is 87.0 Å². The highest BCUT2D eigenvalue weighted by Crippen LogP contribution is 2.38. The molecule has 2 saturated heterocycles. The topological polar surface area (TPSA) is 374 Å². The Bertz CT molecular complexity index is 2230. The van der Waals surface area contributed by atoms with Gasteiger partial charge in [-0.25, -0.2) is 0 Å². The van der Waals surface area contributed by atoms with E-state index in [9.17, 15) is 75.7 Å². The minimum absolute atomic E-state index is 0.0794. The lowest BCUT2D eigenvalue weighted by molar-refractivity contribution is -0.308. The number of nitrogens with two attached hydrogens (primary N) is 2. The molecule has 4 rings (SSSR count). The Hall–Kier alpha value is -4.59. The van der Waals surface area contributed by atoms with Gasteiger partial charge in [-0.1, -0.05) is 98.9 Å². The fourth-order valence-corrected chi connectivity index (χ4v) is 10.5. The molecule has 16 N–H and O–H groups in total. The largest absolute Gasteiger partial charge is 0.481 e. The Balaban J connectivity index is 1.54. The molecule has 20 nitrogen and oxygen atoms in total. The molecule has 0 radical (unpaired) electrons. The third kappa shape index (κ3) is 23.4. The monoisotopic (exact) mass is 1110 g/mol. The van der Waals surface area contributed by atoms with E-state index < -0.39 is 129 Å². The molecule has 20 unspecified atom stereocenters. The number of aliphatic carboxylic acids is 1. The molecule has 3 aliphatic heterocycles. The number of fused-ring (bicyclic) bond motifs is 2. The Morgan fingerprint density at radius 3 is 1.73 bits per heavy atom. The van der Waals surface area contributed by atoms with Crippen molar-refractivity contribution in [1.29, 1.82) is 0 Å². The standard InChI is InChI=1S/C59H88N2O18/c1-35-16-14-12-10-8-6-4-5-7-9-11-13-15-17-48(78-58-56(73)54(61)55(72)37(3)77-58)32-52-53(57(74)75)51(71)34-59(76,79-52)33-47(69)29-45(67)27-43(65)25-41(63)24-42(64)26-44(66)28-46(68)30-49(35)36(2)18-23-40(62)31-50(70)38-19-21-39(60)22-20-38/h4-17,19-22,35-37,40-45,47-49,51-56,58,62-67,69,71-73,76H,18,23-34,60-61H2,1-3H3,(H,74,75). The fraction of sp³-hybridized carbons (Fsp3) is 0.610. The molecule has 0 aromatic heterocycles. The average molecular weight is 1110 g/mol. The molecular formula is C59H88N2O18. The van der Waals surface area contributed by atoms with Crippen molar-refractivity contribution >= 4 is 23.2 Å². The van der Waals surface area contributed by atoms with Gasteiger partial charge in [-0.2, -0.15) is 0 Å². The molecule has 2 bridgehead atoms. The second-order valence-electron chi connectivity index (χ2n) is 21.8.